The van der Waals surface area contributed by atoms with Crippen LogP contribution >= 0.6 is 23.8 Å². The molecule has 1 aromatic heterocycles. The lowest BCUT2D eigenvalue weighted by atomic mass is 10.1. The highest BCUT2D eigenvalue weighted by Crippen LogP contribution is 2.19. The van der Waals surface area contributed by atoms with E-state index in [0.29, 0.717) is 16.1 Å². The summed E-state index contributed by atoms with van der Waals surface area (Å²) in [5.74, 6) is 0.627. The zero-order valence-electron chi connectivity index (χ0n) is 14.4. The fourth-order valence-corrected chi connectivity index (χ4v) is 2.65. The van der Waals surface area contributed by atoms with Crippen molar-refractivity contribution in [3.8, 4) is 0 Å². The lowest BCUT2D eigenvalue weighted by Gasteiger charge is -2.13. The fraction of sp³-hybridized carbons (Fsp3) is 0.105. The van der Waals surface area contributed by atoms with Gasteiger partial charge in [-0.3, -0.25) is 0 Å². The van der Waals surface area contributed by atoms with Gasteiger partial charge in [0.2, 0.25) is 0 Å². The Morgan fingerprint density at radius 2 is 1.62 bits per heavy atom. The number of halogens is 1. The molecule has 0 bridgehead atoms. The molecule has 0 unspecified atom stereocenters. The largest absolute Gasteiger partial charge is 0.339 e. The predicted molar refractivity (Wildman–Crippen MR) is 113 cm³/mol. The van der Waals surface area contributed by atoms with Crippen molar-refractivity contribution in [1.82, 2.24) is 10.2 Å². The molecule has 0 aliphatic rings. The van der Waals surface area contributed by atoms with Gasteiger partial charge in [0.1, 0.15) is 0 Å². The monoisotopic (exact) mass is 383 g/mol. The molecule has 26 heavy (non-hydrogen) atoms. The van der Waals surface area contributed by atoms with Crippen LogP contribution < -0.4 is 16.0 Å². The summed E-state index contributed by atoms with van der Waals surface area (Å²) >= 11 is 11.1. The Kier molecular flexibility index (Phi) is 5.65. The van der Waals surface area contributed by atoms with Gasteiger partial charge in [-0.25, -0.2) is 0 Å². The van der Waals surface area contributed by atoms with E-state index in [1.807, 2.05) is 31.2 Å². The average molecular weight is 384 g/mol. The molecule has 0 aliphatic carbocycles. The topological polar surface area (TPSA) is 61.9 Å². The first-order valence-electron chi connectivity index (χ1n) is 8.01. The number of nitrogens with zero attached hydrogens (tertiary/aromatic N) is 2. The van der Waals surface area contributed by atoms with Crippen LogP contribution in [-0.4, -0.2) is 15.3 Å². The Labute approximate surface area is 162 Å². The fourth-order valence-electron chi connectivity index (χ4n) is 2.32. The Balaban J connectivity index is 1.60. The highest BCUT2D eigenvalue weighted by molar-refractivity contribution is 7.80. The molecule has 0 aliphatic heterocycles. The summed E-state index contributed by atoms with van der Waals surface area (Å²) in [7, 11) is 0. The van der Waals surface area contributed by atoms with Crippen LogP contribution in [0.2, 0.25) is 5.15 Å². The van der Waals surface area contributed by atoms with Crippen LogP contribution in [0.3, 0.4) is 0 Å². The van der Waals surface area contributed by atoms with Crippen LogP contribution in [0.25, 0.3) is 0 Å². The minimum atomic E-state index is 0.361. The summed E-state index contributed by atoms with van der Waals surface area (Å²) in [6.45, 7) is 4.10. The van der Waals surface area contributed by atoms with E-state index in [1.54, 1.807) is 12.1 Å². The van der Waals surface area contributed by atoms with Crippen molar-refractivity contribution in [2.75, 3.05) is 16.0 Å². The van der Waals surface area contributed by atoms with Crippen molar-refractivity contribution in [2.24, 2.45) is 0 Å². The van der Waals surface area contributed by atoms with Gasteiger partial charge in [0.05, 0.1) is 0 Å². The van der Waals surface area contributed by atoms with Crippen molar-refractivity contribution in [3.63, 3.8) is 0 Å². The Morgan fingerprint density at radius 1 is 0.885 bits per heavy atom. The van der Waals surface area contributed by atoms with Gasteiger partial charge in [0.25, 0.3) is 0 Å². The van der Waals surface area contributed by atoms with Crippen molar-refractivity contribution >= 4 is 51.8 Å². The summed E-state index contributed by atoms with van der Waals surface area (Å²) in [5, 5.41) is 18.2. The second-order valence-corrected chi connectivity index (χ2v) is 6.64. The molecule has 132 valence electrons. The third-order valence-electron chi connectivity index (χ3n) is 3.69. The predicted octanol–water partition coefficient (Wildman–Crippen LogP) is 5.30. The molecule has 2 aromatic carbocycles. The second-order valence-electron chi connectivity index (χ2n) is 5.84. The van der Waals surface area contributed by atoms with E-state index in [2.05, 4.69) is 51.3 Å². The van der Waals surface area contributed by atoms with Crippen molar-refractivity contribution < 1.29 is 0 Å². The molecule has 0 fully saturated rings. The molecule has 0 spiro atoms. The molecule has 5 nitrogen and oxygen atoms in total. The van der Waals surface area contributed by atoms with Crippen LogP contribution in [0.5, 0.6) is 0 Å². The first-order chi connectivity index (χ1) is 12.5. The number of benzene rings is 2. The lowest BCUT2D eigenvalue weighted by molar-refractivity contribution is 1.04. The SMILES string of the molecule is Cc1ccc(C)c(NC(=S)Nc2ccc(Nc3ccc(Cl)nn3)cc2)c1. The highest BCUT2D eigenvalue weighted by Gasteiger charge is 2.03. The molecule has 0 saturated carbocycles. The Bertz CT molecular complexity index is 910. The number of hydrogen-bond acceptors (Lipinski definition) is 4. The molecule has 0 atom stereocenters. The van der Waals surface area contributed by atoms with E-state index >= 15 is 0 Å². The first kappa shape index (κ1) is 18.1. The van der Waals surface area contributed by atoms with E-state index in [1.165, 1.54) is 5.56 Å². The normalized spacial score (nSPS) is 10.3. The minimum absolute atomic E-state index is 0.361. The molecule has 0 amide bonds. The lowest BCUT2D eigenvalue weighted by Crippen LogP contribution is -2.19. The van der Waals surface area contributed by atoms with Crippen LogP contribution in [0.15, 0.2) is 54.6 Å². The number of rotatable bonds is 4. The molecule has 3 rings (SSSR count). The maximum atomic E-state index is 5.73. The maximum absolute atomic E-state index is 5.73. The average Bonchev–Trinajstić information content (AvgIpc) is 2.62. The number of anilines is 4. The van der Waals surface area contributed by atoms with Crippen LogP contribution in [0.4, 0.5) is 22.9 Å². The molecular weight excluding hydrogens is 366 g/mol. The standard InChI is InChI=1S/C19H18ClN5S/c1-12-3-4-13(2)16(11-12)23-19(26)22-15-7-5-14(6-8-15)21-18-10-9-17(20)24-25-18/h3-11H,1-2H3,(H,21,25)(H2,22,23,26). The Morgan fingerprint density at radius 3 is 2.31 bits per heavy atom. The molecule has 3 N–H and O–H groups in total. The van der Waals surface area contributed by atoms with E-state index in [-0.39, 0.29) is 0 Å². The summed E-state index contributed by atoms with van der Waals surface area (Å²) in [4.78, 5) is 0. The zero-order chi connectivity index (χ0) is 18.5. The summed E-state index contributed by atoms with van der Waals surface area (Å²) in [5.41, 5.74) is 5.10. The van der Waals surface area contributed by atoms with Crippen LogP contribution in [-0.2, 0) is 0 Å². The van der Waals surface area contributed by atoms with Crippen molar-refractivity contribution in [3.05, 3.63) is 70.9 Å². The number of hydrogen-bond donors (Lipinski definition) is 3. The van der Waals surface area contributed by atoms with Crippen molar-refractivity contribution in [2.45, 2.75) is 13.8 Å². The third-order valence-corrected chi connectivity index (χ3v) is 4.09. The number of aryl methyl sites for hydroxylation is 2. The first-order valence-corrected chi connectivity index (χ1v) is 8.80. The van der Waals surface area contributed by atoms with Gasteiger partial charge in [0.15, 0.2) is 16.1 Å². The van der Waals surface area contributed by atoms with Crippen LogP contribution in [0, 0.1) is 13.8 Å². The van der Waals surface area contributed by atoms with Crippen molar-refractivity contribution in [1.29, 1.82) is 0 Å². The van der Waals surface area contributed by atoms with Gasteiger partial charge in [0, 0.05) is 17.1 Å². The quantitative estimate of drug-likeness (QED) is 0.531. The zero-order valence-corrected chi connectivity index (χ0v) is 15.9. The molecule has 3 aromatic rings. The molecular formula is C19H18ClN5S. The van der Waals surface area contributed by atoms with Gasteiger partial charge in [-0.2, -0.15) is 0 Å². The van der Waals surface area contributed by atoms with Crippen LogP contribution in [0.1, 0.15) is 11.1 Å². The summed E-state index contributed by atoms with van der Waals surface area (Å²) < 4.78 is 0. The van der Waals surface area contributed by atoms with E-state index in [4.69, 9.17) is 23.8 Å². The number of thiocarbonyl (C=S) groups is 1. The van der Waals surface area contributed by atoms with Gasteiger partial charge >= 0.3 is 0 Å². The molecule has 0 saturated heterocycles. The van der Waals surface area contributed by atoms with Gasteiger partial charge in [-0.15, -0.1) is 10.2 Å². The second kappa shape index (κ2) is 8.12. The molecule has 0 radical (unpaired) electrons. The number of aromatic nitrogens is 2. The van der Waals surface area contributed by atoms with Gasteiger partial charge in [-0.05, 0) is 79.7 Å². The van der Waals surface area contributed by atoms with Gasteiger partial charge < -0.3 is 16.0 Å². The van der Waals surface area contributed by atoms with E-state index in [9.17, 15) is 0 Å². The van der Waals surface area contributed by atoms with E-state index in [0.717, 1.165) is 22.6 Å². The summed E-state index contributed by atoms with van der Waals surface area (Å²) in [6, 6.07) is 17.4. The molecule has 7 heteroatoms. The summed E-state index contributed by atoms with van der Waals surface area (Å²) in [6.07, 6.45) is 0. The third kappa shape index (κ3) is 4.91. The maximum Gasteiger partial charge on any atom is 0.175 e. The molecule has 1 heterocycles. The van der Waals surface area contributed by atoms with Gasteiger partial charge in [-0.1, -0.05) is 23.7 Å². The highest BCUT2D eigenvalue weighted by atomic mass is 35.5. The Hall–Kier alpha value is -2.70. The number of nitrogens with one attached hydrogen (secondary N) is 3. The minimum Gasteiger partial charge on any atom is -0.339 e. The smallest absolute Gasteiger partial charge is 0.175 e. The van der Waals surface area contributed by atoms with E-state index < -0.39 is 0 Å².